The molecule has 1 atom stereocenters. The number of alkyl halides is 3. The topological polar surface area (TPSA) is 52.6 Å². The second-order valence-electron chi connectivity index (χ2n) is 7.82. The Morgan fingerprint density at radius 1 is 1.03 bits per heavy atom. The zero-order chi connectivity index (χ0) is 22.7. The Kier molecular flexibility index (Phi) is 6.19. The molecule has 4 rings (SSSR count). The van der Waals surface area contributed by atoms with Crippen LogP contribution >= 0.6 is 0 Å². The Balaban J connectivity index is 1.79. The Hall–Kier alpha value is -3.32. The number of aliphatic carboxylic acids is 1. The van der Waals surface area contributed by atoms with E-state index in [1.54, 1.807) is 12.1 Å². The normalized spacial score (nSPS) is 16.7. The predicted octanol–water partition coefficient (Wildman–Crippen LogP) is 5.15. The first-order valence-electron chi connectivity index (χ1n) is 10.4. The Labute approximate surface area is 184 Å². The molecule has 1 aliphatic heterocycles. The number of nitrogens with one attached hydrogen (secondary N) is 1. The number of anilines is 1. The summed E-state index contributed by atoms with van der Waals surface area (Å²) in [5.74, 6) is -0.958. The second kappa shape index (κ2) is 9.04. The fourth-order valence-corrected chi connectivity index (χ4v) is 4.15. The van der Waals surface area contributed by atoms with E-state index < -0.39 is 17.7 Å². The van der Waals surface area contributed by atoms with Crippen molar-refractivity contribution in [2.24, 2.45) is 0 Å². The van der Waals surface area contributed by atoms with Crippen LogP contribution in [0, 0.1) is 0 Å². The molecule has 1 heterocycles. The summed E-state index contributed by atoms with van der Waals surface area (Å²) in [5.41, 5.74) is 3.23. The van der Waals surface area contributed by atoms with E-state index in [2.05, 4.69) is 22.3 Å². The number of benzene rings is 3. The quantitative estimate of drug-likeness (QED) is 0.576. The fraction of sp³-hybridized carbons (Fsp3) is 0.240. The molecule has 1 aliphatic rings. The molecule has 32 heavy (non-hydrogen) atoms. The van der Waals surface area contributed by atoms with Crippen molar-refractivity contribution in [1.82, 2.24) is 5.32 Å². The summed E-state index contributed by atoms with van der Waals surface area (Å²) in [5, 5.41) is 12.6. The molecule has 0 aliphatic carbocycles. The molecule has 7 heteroatoms. The molecule has 0 aromatic heterocycles. The van der Waals surface area contributed by atoms with E-state index in [0.29, 0.717) is 17.7 Å². The van der Waals surface area contributed by atoms with Crippen LogP contribution in [0.5, 0.6) is 0 Å². The lowest BCUT2D eigenvalue weighted by Gasteiger charge is -2.39. The first-order chi connectivity index (χ1) is 15.3. The number of rotatable bonds is 5. The third-order valence-corrected chi connectivity index (χ3v) is 5.68. The van der Waals surface area contributed by atoms with Crippen LogP contribution in [0.1, 0.15) is 22.7 Å². The van der Waals surface area contributed by atoms with E-state index in [1.807, 2.05) is 24.3 Å². The maximum atomic E-state index is 13.1. The van der Waals surface area contributed by atoms with Crippen molar-refractivity contribution in [2.75, 3.05) is 24.5 Å². The molecule has 1 saturated heterocycles. The molecule has 0 bridgehead atoms. The van der Waals surface area contributed by atoms with Gasteiger partial charge in [-0.2, -0.15) is 13.2 Å². The standard InChI is InChI=1S/C25H23F3N2O2/c26-25(27,28)20-9-7-18(8-10-20)21-14-17(15-24(31)32)6-11-22(21)30-13-12-29-16-23(30)19-4-2-1-3-5-19/h1-11,14,23,29H,12-13,15-16H2,(H,31,32). The molecule has 4 nitrogen and oxygen atoms in total. The van der Waals surface area contributed by atoms with Gasteiger partial charge in [0.25, 0.3) is 0 Å². The molecule has 2 N–H and O–H groups in total. The van der Waals surface area contributed by atoms with Crippen molar-refractivity contribution in [3.63, 3.8) is 0 Å². The third-order valence-electron chi connectivity index (χ3n) is 5.68. The molecule has 0 radical (unpaired) electrons. The van der Waals surface area contributed by atoms with Crippen LogP contribution < -0.4 is 10.2 Å². The minimum absolute atomic E-state index is 0.0449. The zero-order valence-corrected chi connectivity index (χ0v) is 17.3. The zero-order valence-electron chi connectivity index (χ0n) is 17.3. The number of halogens is 3. The van der Waals surface area contributed by atoms with Crippen molar-refractivity contribution in [3.05, 3.63) is 89.5 Å². The first kappa shape index (κ1) is 21.9. The van der Waals surface area contributed by atoms with Gasteiger partial charge in [-0.15, -0.1) is 0 Å². The van der Waals surface area contributed by atoms with Gasteiger partial charge in [-0.3, -0.25) is 4.79 Å². The molecule has 0 amide bonds. The SMILES string of the molecule is O=C(O)Cc1ccc(N2CCNCC2c2ccccc2)c(-c2ccc(C(F)(F)F)cc2)c1. The highest BCUT2D eigenvalue weighted by Crippen LogP contribution is 2.38. The van der Waals surface area contributed by atoms with Crippen LogP contribution in [0.25, 0.3) is 11.1 Å². The van der Waals surface area contributed by atoms with Crippen LogP contribution in [0.15, 0.2) is 72.8 Å². The monoisotopic (exact) mass is 440 g/mol. The van der Waals surface area contributed by atoms with Gasteiger partial charge < -0.3 is 15.3 Å². The second-order valence-corrected chi connectivity index (χ2v) is 7.82. The van der Waals surface area contributed by atoms with Gasteiger partial charge in [0.2, 0.25) is 0 Å². The summed E-state index contributed by atoms with van der Waals surface area (Å²) in [6, 6.07) is 20.5. The molecule has 0 saturated carbocycles. The highest BCUT2D eigenvalue weighted by molar-refractivity contribution is 5.81. The highest BCUT2D eigenvalue weighted by Gasteiger charge is 2.30. The molecule has 3 aromatic carbocycles. The van der Waals surface area contributed by atoms with Crippen molar-refractivity contribution in [1.29, 1.82) is 0 Å². The molecule has 1 unspecified atom stereocenters. The number of carboxylic acid groups (broad SMARTS) is 1. The minimum Gasteiger partial charge on any atom is -0.481 e. The first-order valence-corrected chi connectivity index (χ1v) is 10.4. The summed E-state index contributed by atoms with van der Waals surface area (Å²) in [6.07, 6.45) is -4.57. The van der Waals surface area contributed by atoms with Gasteiger partial charge in [-0.1, -0.05) is 48.5 Å². The van der Waals surface area contributed by atoms with Gasteiger partial charge in [-0.05, 0) is 41.0 Å². The molecular weight excluding hydrogens is 417 g/mol. The number of nitrogens with zero attached hydrogens (tertiary/aromatic N) is 1. The Bertz CT molecular complexity index is 1080. The lowest BCUT2D eigenvalue weighted by Crippen LogP contribution is -2.46. The maximum absolute atomic E-state index is 13.1. The predicted molar refractivity (Wildman–Crippen MR) is 118 cm³/mol. The highest BCUT2D eigenvalue weighted by atomic mass is 19.4. The summed E-state index contributed by atoms with van der Waals surface area (Å²) in [6.45, 7) is 2.21. The van der Waals surface area contributed by atoms with Gasteiger partial charge in [0.1, 0.15) is 0 Å². The third kappa shape index (κ3) is 4.78. The van der Waals surface area contributed by atoms with E-state index in [9.17, 15) is 23.1 Å². The summed E-state index contributed by atoms with van der Waals surface area (Å²) in [4.78, 5) is 13.5. The van der Waals surface area contributed by atoms with E-state index in [-0.39, 0.29) is 12.5 Å². The van der Waals surface area contributed by atoms with Crippen molar-refractivity contribution in [3.8, 4) is 11.1 Å². The summed E-state index contributed by atoms with van der Waals surface area (Å²) < 4.78 is 39.2. The fourth-order valence-electron chi connectivity index (χ4n) is 4.15. The van der Waals surface area contributed by atoms with E-state index in [4.69, 9.17) is 0 Å². The van der Waals surface area contributed by atoms with E-state index in [1.165, 1.54) is 12.1 Å². The van der Waals surface area contributed by atoms with E-state index in [0.717, 1.165) is 42.0 Å². The number of carboxylic acids is 1. The Morgan fingerprint density at radius 2 is 1.75 bits per heavy atom. The van der Waals surface area contributed by atoms with Crippen molar-refractivity contribution in [2.45, 2.75) is 18.6 Å². The molecule has 0 spiro atoms. The Morgan fingerprint density at radius 3 is 2.41 bits per heavy atom. The van der Waals surface area contributed by atoms with Gasteiger partial charge in [0.15, 0.2) is 0 Å². The lowest BCUT2D eigenvalue weighted by atomic mass is 9.95. The van der Waals surface area contributed by atoms with Crippen LogP contribution in [0.3, 0.4) is 0 Å². The number of hydrogen-bond donors (Lipinski definition) is 2. The van der Waals surface area contributed by atoms with Gasteiger partial charge in [0.05, 0.1) is 18.0 Å². The van der Waals surface area contributed by atoms with Crippen LogP contribution in [0.4, 0.5) is 18.9 Å². The molecular formula is C25H23F3N2O2. The average molecular weight is 440 g/mol. The van der Waals surface area contributed by atoms with Crippen LogP contribution in [0.2, 0.25) is 0 Å². The smallest absolute Gasteiger partial charge is 0.416 e. The molecule has 1 fully saturated rings. The van der Waals surface area contributed by atoms with E-state index >= 15 is 0 Å². The van der Waals surface area contributed by atoms with Crippen LogP contribution in [-0.2, 0) is 17.4 Å². The molecule has 166 valence electrons. The van der Waals surface area contributed by atoms with Crippen molar-refractivity contribution >= 4 is 11.7 Å². The summed E-state index contributed by atoms with van der Waals surface area (Å²) in [7, 11) is 0. The van der Waals surface area contributed by atoms with Crippen molar-refractivity contribution < 1.29 is 23.1 Å². The van der Waals surface area contributed by atoms with Crippen LogP contribution in [-0.4, -0.2) is 30.7 Å². The lowest BCUT2D eigenvalue weighted by molar-refractivity contribution is -0.138. The van der Waals surface area contributed by atoms with Gasteiger partial charge in [0, 0.05) is 30.9 Å². The number of carbonyl (C=O) groups is 1. The van der Waals surface area contributed by atoms with Gasteiger partial charge >= 0.3 is 12.1 Å². The maximum Gasteiger partial charge on any atom is 0.416 e. The van der Waals surface area contributed by atoms with Gasteiger partial charge in [-0.25, -0.2) is 0 Å². The molecule has 3 aromatic rings. The largest absolute Gasteiger partial charge is 0.481 e. The average Bonchev–Trinajstić information content (AvgIpc) is 2.79. The number of hydrogen-bond acceptors (Lipinski definition) is 3. The number of piperazine rings is 1. The minimum atomic E-state index is -4.41. The summed E-state index contributed by atoms with van der Waals surface area (Å²) >= 11 is 0.